The zero-order valence-corrected chi connectivity index (χ0v) is 12.9. The molecule has 2 saturated heterocycles. The minimum Gasteiger partial charge on any atom is -0.398 e. The van der Waals surface area contributed by atoms with Crippen LogP contribution in [0, 0.1) is 6.92 Å². The number of nitrogens with two attached hydrogens (primary N) is 1. The summed E-state index contributed by atoms with van der Waals surface area (Å²) in [5, 5.41) is 0. The Morgan fingerprint density at radius 1 is 1.19 bits per heavy atom. The molecule has 0 radical (unpaired) electrons. The summed E-state index contributed by atoms with van der Waals surface area (Å²) in [4.78, 5) is 0.245. The summed E-state index contributed by atoms with van der Waals surface area (Å²) in [6.45, 7) is 3.82. The topological polar surface area (TPSA) is 81.9 Å². The number of rotatable bonds is 2. The molecule has 2 aliphatic heterocycles. The van der Waals surface area contributed by atoms with Crippen molar-refractivity contribution >= 4 is 15.7 Å². The number of nitrogens with zero attached hydrogens (tertiary/aromatic N) is 1. The smallest absolute Gasteiger partial charge is 0.243 e. The van der Waals surface area contributed by atoms with E-state index in [9.17, 15) is 8.42 Å². The number of aryl methyl sites for hydroxylation is 1. The molecule has 1 spiro atoms. The molecule has 2 fully saturated rings. The van der Waals surface area contributed by atoms with Crippen LogP contribution in [0.5, 0.6) is 0 Å². The van der Waals surface area contributed by atoms with E-state index in [4.69, 9.17) is 15.2 Å². The fourth-order valence-corrected chi connectivity index (χ4v) is 4.26. The number of ether oxygens (including phenoxy) is 2. The summed E-state index contributed by atoms with van der Waals surface area (Å²) in [5.74, 6) is -0.571. The molecule has 0 saturated carbocycles. The van der Waals surface area contributed by atoms with Crippen LogP contribution in [0.2, 0.25) is 0 Å². The molecule has 116 valence electrons. The second-order valence-corrected chi connectivity index (χ2v) is 7.47. The normalized spacial score (nSPS) is 22.7. The van der Waals surface area contributed by atoms with Crippen molar-refractivity contribution in [2.75, 3.05) is 32.0 Å². The van der Waals surface area contributed by atoms with E-state index in [2.05, 4.69) is 0 Å². The summed E-state index contributed by atoms with van der Waals surface area (Å²) < 4.78 is 38.0. The van der Waals surface area contributed by atoms with Gasteiger partial charge in [-0.25, -0.2) is 8.42 Å². The maximum atomic E-state index is 12.6. The molecule has 1 aromatic carbocycles. The van der Waals surface area contributed by atoms with Crippen LogP contribution in [-0.2, 0) is 19.5 Å². The Morgan fingerprint density at radius 3 is 2.38 bits per heavy atom. The highest BCUT2D eigenvalue weighted by Crippen LogP contribution is 2.33. The van der Waals surface area contributed by atoms with E-state index in [-0.39, 0.29) is 4.90 Å². The van der Waals surface area contributed by atoms with E-state index in [1.54, 1.807) is 12.1 Å². The van der Waals surface area contributed by atoms with Gasteiger partial charge in [0.1, 0.15) is 0 Å². The highest BCUT2D eigenvalue weighted by molar-refractivity contribution is 7.89. The first kappa shape index (κ1) is 14.8. The van der Waals surface area contributed by atoms with Crippen molar-refractivity contribution < 1.29 is 17.9 Å². The van der Waals surface area contributed by atoms with E-state index in [0.29, 0.717) is 44.8 Å². The predicted octanol–water partition coefficient (Wildman–Crippen LogP) is 1.10. The van der Waals surface area contributed by atoms with Crippen LogP contribution in [0.1, 0.15) is 18.4 Å². The van der Waals surface area contributed by atoms with Gasteiger partial charge in [-0.05, 0) is 24.6 Å². The lowest BCUT2D eigenvalue weighted by atomic mass is 10.1. The lowest BCUT2D eigenvalue weighted by Gasteiger charge is -2.36. The number of sulfonamides is 1. The molecule has 3 rings (SSSR count). The molecular formula is C14H20N2O4S. The van der Waals surface area contributed by atoms with Crippen LogP contribution in [0.15, 0.2) is 23.1 Å². The maximum absolute atomic E-state index is 12.6. The average Bonchev–Trinajstić information content (AvgIpc) is 2.90. The molecule has 0 aromatic heterocycles. The molecule has 0 atom stereocenters. The molecule has 0 amide bonds. The van der Waals surface area contributed by atoms with Crippen LogP contribution in [0.4, 0.5) is 5.69 Å². The third-order valence-corrected chi connectivity index (χ3v) is 6.08. The van der Waals surface area contributed by atoms with Gasteiger partial charge >= 0.3 is 0 Å². The highest BCUT2D eigenvalue weighted by atomic mass is 32.2. The Bertz CT molecular complexity index is 628. The van der Waals surface area contributed by atoms with Crippen molar-refractivity contribution in [3.8, 4) is 0 Å². The first-order valence-electron chi connectivity index (χ1n) is 7.07. The van der Waals surface area contributed by atoms with Crippen molar-refractivity contribution in [1.82, 2.24) is 4.31 Å². The van der Waals surface area contributed by atoms with Crippen molar-refractivity contribution in [2.24, 2.45) is 0 Å². The Hall–Kier alpha value is -1.15. The number of anilines is 1. The highest BCUT2D eigenvalue weighted by Gasteiger charge is 2.42. The second kappa shape index (κ2) is 5.24. The van der Waals surface area contributed by atoms with Gasteiger partial charge in [0.15, 0.2) is 5.79 Å². The quantitative estimate of drug-likeness (QED) is 0.827. The second-order valence-electron chi connectivity index (χ2n) is 5.53. The standard InChI is InChI=1S/C14H20N2O4S/c1-11-2-3-12(10-13(11)15)21(17,18)16-6-4-14(5-7-16)19-8-9-20-14/h2-3,10H,4-9,15H2,1H3. The van der Waals surface area contributed by atoms with Gasteiger partial charge < -0.3 is 15.2 Å². The van der Waals surface area contributed by atoms with Crippen LogP contribution in [-0.4, -0.2) is 44.8 Å². The third kappa shape index (κ3) is 2.66. The first-order chi connectivity index (χ1) is 9.93. The lowest BCUT2D eigenvalue weighted by molar-refractivity contribution is -0.179. The largest absolute Gasteiger partial charge is 0.398 e. The van der Waals surface area contributed by atoms with Gasteiger partial charge in [-0.1, -0.05) is 6.07 Å². The Kier molecular flexibility index (Phi) is 3.69. The summed E-state index contributed by atoms with van der Waals surface area (Å²) in [6.07, 6.45) is 1.13. The lowest BCUT2D eigenvalue weighted by Crippen LogP contribution is -2.47. The summed E-state index contributed by atoms with van der Waals surface area (Å²) in [5.41, 5.74) is 7.19. The Labute approximate surface area is 124 Å². The van der Waals surface area contributed by atoms with Crippen LogP contribution in [0.3, 0.4) is 0 Å². The Balaban J connectivity index is 1.78. The zero-order chi connectivity index (χ0) is 15.1. The van der Waals surface area contributed by atoms with Gasteiger partial charge in [-0.3, -0.25) is 0 Å². The van der Waals surface area contributed by atoms with Crippen LogP contribution >= 0.6 is 0 Å². The molecule has 2 aliphatic rings. The minimum absolute atomic E-state index is 0.245. The number of hydrogen-bond acceptors (Lipinski definition) is 5. The average molecular weight is 312 g/mol. The number of hydrogen-bond donors (Lipinski definition) is 1. The van der Waals surface area contributed by atoms with Gasteiger partial charge in [0.25, 0.3) is 0 Å². The molecule has 0 bridgehead atoms. The third-order valence-electron chi connectivity index (χ3n) is 4.19. The molecule has 1 aromatic rings. The number of benzene rings is 1. The van der Waals surface area contributed by atoms with E-state index < -0.39 is 15.8 Å². The predicted molar refractivity (Wildman–Crippen MR) is 78.2 cm³/mol. The fourth-order valence-electron chi connectivity index (χ4n) is 2.78. The van der Waals surface area contributed by atoms with Gasteiger partial charge in [0.2, 0.25) is 10.0 Å². The summed E-state index contributed by atoms with van der Waals surface area (Å²) in [7, 11) is -3.51. The molecule has 2 N–H and O–H groups in total. The SMILES string of the molecule is Cc1ccc(S(=O)(=O)N2CCC3(CC2)OCCO3)cc1N. The molecular weight excluding hydrogens is 292 g/mol. The molecule has 2 heterocycles. The van der Waals surface area contributed by atoms with E-state index in [1.165, 1.54) is 10.4 Å². The molecule has 6 nitrogen and oxygen atoms in total. The molecule has 0 aliphatic carbocycles. The summed E-state index contributed by atoms with van der Waals surface area (Å²) >= 11 is 0. The minimum atomic E-state index is -3.51. The van der Waals surface area contributed by atoms with Crippen molar-refractivity contribution in [1.29, 1.82) is 0 Å². The monoisotopic (exact) mass is 312 g/mol. The Morgan fingerprint density at radius 2 is 1.81 bits per heavy atom. The van der Waals surface area contributed by atoms with Crippen molar-refractivity contribution in [2.45, 2.75) is 30.4 Å². The number of piperidine rings is 1. The van der Waals surface area contributed by atoms with Gasteiger partial charge in [0, 0.05) is 31.6 Å². The van der Waals surface area contributed by atoms with Gasteiger partial charge in [-0.15, -0.1) is 0 Å². The van der Waals surface area contributed by atoms with Crippen molar-refractivity contribution in [3.63, 3.8) is 0 Å². The fraction of sp³-hybridized carbons (Fsp3) is 0.571. The van der Waals surface area contributed by atoms with Crippen LogP contribution in [0.25, 0.3) is 0 Å². The van der Waals surface area contributed by atoms with E-state index in [1.807, 2.05) is 6.92 Å². The van der Waals surface area contributed by atoms with Crippen LogP contribution < -0.4 is 5.73 Å². The maximum Gasteiger partial charge on any atom is 0.243 e. The molecule has 21 heavy (non-hydrogen) atoms. The van der Waals surface area contributed by atoms with Gasteiger partial charge in [-0.2, -0.15) is 4.31 Å². The van der Waals surface area contributed by atoms with Gasteiger partial charge in [0.05, 0.1) is 18.1 Å². The van der Waals surface area contributed by atoms with Crippen molar-refractivity contribution in [3.05, 3.63) is 23.8 Å². The summed E-state index contributed by atoms with van der Waals surface area (Å²) in [6, 6.07) is 4.86. The first-order valence-corrected chi connectivity index (χ1v) is 8.51. The van der Waals surface area contributed by atoms with E-state index in [0.717, 1.165) is 5.56 Å². The molecule has 0 unspecified atom stereocenters. The molecule has 7 heteroatoms. The number of nitrogen functional groups attached to an aromatic ring is 1. The zero-order valence-electron chi connectivity index (χ0n) is 12.0. The van der Waals surface area contributed by atoms with E-state index >= 15 is 0 Å².